The number of phenolic OH excluding ortho intramolecular Hbond substituents is 1. The van der Waals surface area contributed by atoms with Crippen LogP contribution in [-0.2, 0) is 0 Å². The Kier molecular flexibility index (Phi) is 5.20. The smallest absolute Gasteiger partial charge is 0.251 e. The lowest BCUT2D eigenvalue weighted by Crippen LogP contribution is -2.34. The van der Waals surface area contributed by atoms with Gasteiger partial charge in [-0.2, -0.15) is 0 Å². The molecule has 0 aliphatic rings. The van der Waals surface area contributed by atoms with Crippen LogP contribution >= 0.6 is 22.6 Å². The van der Waals surface area contributed by atoms with Crippen molar-refractivity contribution in [2.75, 3.05) is 0 Å². The highest BCUT2D eigenvalue weighted by molar-refractivity contribution is 14.1. The molecule has 0 heterocycles. The Hall–Kier alpha value is -0.820. The van der Waals surface area contributed by atoms with Crippen LogP contribution in [-0.4, -0.2) is 28.3 Å². The highest BCUT2D eigenvalue weighted by Crippen LogP contribution is 2.20. The minimum Gasteiger partial charge on any atom is -0.507 e. The Balaban J connectivity index is 2.66. The molecular weight excluding hydrogens is 333 g/mol. The molecule has 1 aromatic rings. The van der Waals surface area contributed by atoms with Crippen molar-refractivity contribution in [3.05, 3.63) is 27.3 Å². The number of phenols is 1. The number of carbonyl (C=O) groups excluding carboxylic acids is 1. The average molecular weight is 349 g/mol. The Bertz CT molecular complexity index is 407. The third kappa shape index (κ3) is 4.51. The second kappa shape index (κ2) is 6.20. The first-order valence-electron chi connectivity index (χ1n) is 5.37. The van der Waals surface area contributed by atoms with Gasteiger partial charge in [-0.15, -0.1) is 0 Å². The second-order valence-corrected chi connectivity index (χ2v) is 5.29. The predicted molar refractivity (Wildman–Crippen MR) is 74.0 cm³/mol. The maximum absolute atomic E-state index is 11.8. The number of hydrogen-bond acceptors (Lipinski definition) is 3. The summed E-state index contributed by atoms with van der Waals surface area (Å²) in [6.07, 6.45) is 0.0534. The van der Waals surface area contributed by atoms with Gasteiger partial charge in [-0.05, 0) is 61.1 Å². The molecule has 0 saturated carbocycles. The number of halogens is 1. The second-order valence-electron chi connectivity index (χ2n) is 4.13. The third-order valence-corrected chi connectivity index (χ3v) is 3.19. The summed E-state index contributed by atoms with van der Waals surface area (Å²) in [5, 5.41) is 21.5. The number of nitrogens with one attached hydrogen (secondary N) is 1. The summed E-state index contributed by atoms with van der Waals surface area (Å²) in [7, 11) is 0. The fraction of sp³-hybridized carbons (Fsp3) is 0.417. The summed E-state index contributed by atoms with van der Waals surface area (Å²) in [6, 6.07) is 4.67. The first-order valence-corrected chi connectivity index (χ1v) is 6.45. The van der Waals surface area contributed by atoms with Crippen LogP contribution in [0, 0.1) is 3.57 Å². The van der Waals surface area contributed by atoms with E-state index < -0.39 is 6.10 Å². The molecule has 0 radical (unpaired) electrons. The van der Waals surface area contributed by atoms with Crippen molar-refractivity contribution in [1.82, 2.24) is 5.32 Å². The first-order chi connectivity index (χ1) is 7.90. The number of aliphatic hydroxyl groups is 1. The van der Waals surface area contributed by atoms with E-state index in [0.29, 0.717) is 15.6 Å². The van der Waals surface area contributed by atoms with Crippen LogP contribution in [0.4, 0.5) is 0 Å². The molecule has 0 aliphatic carbocycles. The summed E-state index contributed by atoms with van der Waals surface area (Å²) in [5.41, 5.74) is 0.417. The van der Waals surface area contributed by atoms with E-state index in [2.05, 4.69) is 5.32 Å². The van der Waals surface area contributed by atoms with Crippen LogP contribution in [0.15, 0.2) is 18.2 Å². The molecule has 0 fully saturated rings. The molecule has 0 aliphatic heterocycles. The molecule has 0 bridgehead atoms. The Morgan fingerprint density at radius 2 is 2.12 bits per heavy atom. The SMILES string of the molecule is CC(O)CC(C)NC(=O)c1ccc(I)c(O)c1. The zero-order valence-corrected chi connectivity index (χ0v) is 11.9. The van der Waals surface area contributed by atoms with E-state index in [1.807, 2.05) is 29.5 Å². The molecule has 17 heavy (non-hydrogen) atoms. The van der Waals surface area contributed by atoms with E-state index in [9.17, 15) is 15.0 Å². The normalized spacial score (nSPS) is 14.1. The summed E-state index contributed by atoms with van der Waals surface area (Å²) >= 11 is 1.99. The number of aliphatic hydroxyl groups excluding tert-OH is 1. The molecule has 94 valence electrons. The van der Waals surface area contributed by atoms with Gasteiger partial charge in [-0.25, -0.2) is 0 Å². The minimum absolute atomic E-state index is 0.0985. The van der Waals surface area contributed by atoms with Gasteiger partial charge in [-0.1, -0.05) is 0 Å². The maximum Gasteiger partial charge on any atom is 0.251 e. The number of rotatable bonds is 4. The van der Waals surface area contributed by atoms with Gasteiger partial charge in [0.15, 0.2) is 0 Å². The largest absolute Gasteiger partial charge is 0.507 e. The number of hydrogen-bond donors (Lipinski definition) is 3. The van der Waals surface area contributed by atoms with Crippen LogP contribution < -0.4 is 5.32 Å². The zero-order chi connectivity index (χ0) is 13.0. The fourth-order valence-electron chi connectivity index (χ4n) is 1.53. The van der Waals surface area contributed by atoms with Crippen molar-refractivity contribution < 1.29 is 15.0 Å². The molecule has 0 aromatic heterocycles. The molecule has 3 N–H and O–H groups in total. The van der Waals surface area contributed by atoms with Crippen molar-refractivity contribution in [3.8, 4) is 5.75 Å². The van der Waals surface area contributed by atoms with E-state index in [1.54, 1.807) is 19.1 Å². The maximum atomic E-state index is 11.8. The van der Waals surface area contributed by atoms with Crippen molar-refractivity contribution >= 4 is 28.5 Å². The molecule has 5 heteroatoms. The lowest BCUT2D eigenvalue weighted by molar-refractivity contribution is 0.0922. The van der Waals surface area contributed by atoms with Crippen molar-refractivity contribution in [1.29, 1.82) is 0 Å². The summed E-state index contributed by atoms with van der Waals surface area (Å²) in [6.45, 7) is 3.51. The molecule has 1 rings (SSSR count). The molecule has 2 unspecified atom stereocenters. The third-order valence-electron chi connectivity index (χ3n) is 2.28. The van der Waals surface area contributed by atoms with E-state index in [1.165, 1.54) is 6.07 Å². The van der Waals surface area contributed by atoms with Crippen LogP contribution in [0.2, 0.25) is 0 Å². The van der Waals surface area contributed by atoms with Crippen LogP contribution in [0.25, 0.3) is 0 Å². The monoisotopic (exact) mass is 349 g/mol. The molecule has 4 nitrogen and oxygen atoms in total. The van der Waals surface area contributed by atoms with E-state index in [0.717, 1.165) is 0 Å². The Morgan fingerprint density at radius 1 is 1.47 bits per heavy atom. The van der Waals surface area contributed by atoms with E-state index in [-0.39, 0.29) is 17.7 Å². The van der Waals surface area contributed by atoms with Gasteiger partial charge in [0.25, 0.3) is 5.91 Å². The van der Waals surface area contributed by atoms with Crippen molar-refractivity contribution in [2.45, 2.75) is 32.4 Å². The van der Waals surface area contributed by atoms with Gasteiger partial charge in [0.2, 0.25) is 0 Å². The molecule has 2 atom stereocenters. The molecule has 0 saturated heterocycles. The van der Waals surface area contributed by atoms with Crippen LogP contribution in [0.5, 0.6) is 5.75 Å². The van der Waals surface area contributed by atoms with Crippen LogP contribution in [0.1, 0.15) is 30.6 Å². The van der Waals surface area contributed by atoms with E-state index in [4.69, 9.17) is 0 Å². The standard InChI is InChI=1S/C12H16INO3/c1-7(5-8(2)15)14-12(17)9-3-4-10(13)11(16)6-9/h3-4,6-8,15-16H,5H2,1-2H3,(H,14,17). The number of carbonyl (C=O) groups is 1. The van der Waals surface area contributed by atoms with Gasteiger partial charge in [0.1, 0.15) is 5.75 Å². The van der Waals surface area contributed by atoms with Gasteiger partial charge in [-0.3, -0.25) is 4.79 Å². The number of aromatic hydroxyl groups is 1. The summed E-state index contributed by atoms with van der Waals surface area (Å²) in [4.78, 5) is 11.8. The Labute approximate surface area is 114 Å². The molecular formula is C12H16INO3. The minimum atomic E-state index is -0.449. The first kappa shape index (κ1) is 14.2. The van der Waals surface area contributed by atoms with Gasteiger partial charge in [0.05, 0.1) is 9.67 Å². The predicted octanol–water partition coefficient (Wildman–Crippen LogP) is 1.89. The topological polar surface area (TPSA) is 69.6 Å². The highest BCUT2D eigenvalue weighted by atomic mass is 127. The Morgan fingerprint density at radius 3 is 2.65 bits per heavy atom. The van der Waals surface area contributed by atoms with Gasteiger partial charge < -0.3 is 15.5 Å². The quantitative estimate of drug-likeness (QED) is 0.727. The zero-order valence-electron chi connectivity index (χ0n) is 9.77. The highest BCUT2D eigenvalue weighted by Gasteiger charge is 2.12. The van der Waals surface area contributed by atoms with Gasteiger partial charge >= 0.3 is 0 Å². The fourth-order valence-corrected chi connectivity index (χ4v) is 1.87. The van der Waals surface area contributed by atoms with Crippen molar-refractivity contribution in [3.63, 3.8) is 0 Å². The lowest BCUT2D eigenvalue weighted by Gasteiger charge is -2.15. The summed E-state index contributed by atoms with van der Waals surface area (Å²) in [5.74, 6) is -0.147. The van der Waals surface area contributed by atoms with Gasteiger partial charge in [0, 0.05) is 11.6 Å². The molecule has 0 spiro atoms. The van der Waals surface area contributed by atoms with E-state index >= 15 is 0 Å². The number of benzene rings is 1. The molecule has 1 amide bonds. The summed E-state index contributed by atoms with van der Waals surface area (Å²) < 4.78 is 0.705. The lowest BCUT2D eigenvalue weighted by atomic mass is 10.1. The average Bonchev–Trinajstić information content (AvgIpc) is 2.20. The van der Waals surface area contributed by atoms with Crippen molar-refractivity contribution in [2.24, 2.45) is 0 Å². The number of amides is 1. The molecule has 1 aromatic carbocycles. The van der Waals surface area contributed by atoms with Crippen LogP contribution in [0.3, 0.4) is 0 Å².